The van der Waals surface area contributed by atoms with Crippen LogP contribution >= 0.6 is 0 Å². The minimum Gasteiger partial charge on any atom is -0.502 e. The van der Waals surface area contributed by atoms with Crippen molar-refractivity contribution in [3.05, 3.63) is 104 Å². The molecule has 1 amide bonds. The van der Waals surface area contributed by atoms with Gasteiger partial charge in [0, 0.05) is 17.8 Å². The Hall–Kier alpha value is -5.12. The third-order valence-corrected chi connectivity index (χ3v) is 5.68. The zero-order chi connectivity index (χ0) is 25.1. The molecule has 0 aliphatic heterocycles. The van der Waals surface area contributed by atoms with Crippen molar-refractivity contribution in [3.8, 4) is 28.3 Å². The molecule has 4 N–H and O–H groups in total. The van der Waals surface area contributed by atoms with Crippen molar-refractivity contribution in [3.63, 3.8) is 0 Å². The number of aromatic nitrogens is 4. The van der Waals surface area contributed by atoms with Gasteiger partial charge in [0.1, 0.15) is 5.69 Å². The van der Waals surface area contributed by atoms with Crippen LogP contribution in [0.1, 0.15) is 11.1 Å². The van der Waals surface area contributed by atoms with Gasteiger partial charge < -0.3 is 15.7 Å². The lowest BCUT2D eigenvalue weighted by atomic mass is 9.99. The van der Waals surface area contributed by atoms with Crippen LogP contribution in [0.4, 0.5) is 11.4 Å². The monoisotopic (exact) mass is 480 g/mol. The number of carbonyl (C=O) groups excluding carboxylic acids is 1. The largest absolute Gasteiger partial charge is 0.502 e. The van der Waals surface area contributed by atoms with E-state index in [0.29, 0.717) is 23.6 Å². The molecule has 1 aromatic heterocycles. The first-order valence-corrected chi connectivity index (χ1v) is 11.1. The molecule has 5 aromatic rings. The first-order chi connectivity index (χ1) is 17.5. The fourth-order valence-electron chi connectivity index (χ4n) is 3.78. The van der Waals surface area contributed by atoms with E-state index in [4.69, 9.17) is 0 Å². The molecule has 10 heteroatoms. The fraction of sp³-hybridized carbons (Fsp3) is 0.0769. The molecule has 0 saturated heterocycles. The quantitative estimate of drug-likeness (QED) is 0.247. The molecule has 0 saturated carbocycles. The molecule has 0 bridgehead atoms. The van der Waals surface area contributed by atoms with E-state index in [9.17, 15) is 19.5 Å². The standard InChI is InChI=1S/C26H20N6O4/c33-21(27-14-16-4-2-1-3-5-16)10-15-6-8-17(9-7-15)18-11-19(26-29-31-32-30-26)13-20(12-18)28-22-23(34)25(36)24(22)35/h1-9,11-13,28,34H,10,14H2,(H,27,33)(H,29,30,31,32). The van der Waals surface area contributed by atoms with Crippen molar-refractivity contribution in [1.82, 2.24) is 25.9 Å². The van der Waals surface area contributed by atoms with E-state index >= 15 is 0 Å². The summed E-state index contributed by atoms with van der Waals surface area (Å²) in [7, 11) is 0. The summed E-state index contributed by atoms with van der Waals surface area (Å²) in [6.45, 7) is 0.469. The SMILES string of the molecule is O=C(Cc1ccc(-c2cc(Nc3c(O)c(=O)c3=O)cc(-c3nn[nH]n3)c2)cc1)NCc1ccccc1. The van der Waals surface area contributed by atoms with Gasteiger partial charge in [0.05, 0.1) is 6.42 Å². The summed E-state index contributed by atoms with van der Waals surface area (Å²) in [6, 6.07) is 22.5. The first-order valence-electron chi connectivity index (χ1n) is 11.1. The molecule has 10 nitrogen and oxygen atoms in total. The maximum atomic E-state index is 12.4. The van der Waals surface area contributed by atoms with E-state index in [2.05, 4.69) is 31.3 Å². The molecule has 0 unspecified atom stereocenters. The van der Waals surface area contributed by atoms with Crippen molar-refractivity contribution in [2.45, 2.75) is 13.0 Å². The van der Waals surface area contributed by atoms with Gasteiger partial charge in [-0.3, -0.25) is 14.4 Å². The van der Waals surface area contributed by atoms with Gasteiger partial charge in [0.25, 0.3) is 10.9 Å². The van der Waals surface area contributed by atoms with Gasteiger partial charge in [-0.25, -0.2) is 0 Å². The molecule has 0 radical (unpaired) electrons. The third-order valence-electron chi connectivity index (χ3n) is 5.68. The summed E-state index contributed by atoms with van der Waals surface area (Å²) >= 11 is 0. The van der Waals surface area contributed by atoms with Crippen molar-refractivity contribution in [1.29, 1.82) is 0 Å². The van der Waals surface area contributed by atoms with Crippen LogP contribution in [0.25, 0.3) is 22.5 Å². The highest BCUT2D eigenvalue weighted by Crippen LogP contribution is 2.31. The number of aromatic hydroxyl groups is 1. The number of tetrazole rings is 1. The predicted octanol–water partition coefficient (Wildman–Crippen LogP) is 2.44. The second kappa shape index (κ2) is 9.63. The molecule has 0 aliphatic rings. The molecule has 0 aliphatic carbocycles. The number of carbonyl (C=O) groups is 1. The lowest BCUT2D eigenvalue weighted by Gasteiger charge is -2.13. The predicted molar refractivity (Wildman–Crippen MR) is 133 cm³/mol. The number of rotatable bonds is 8. The first kappa shape index (κ1) is 22.7. The molecular weight excluding hydrogens is 460 g/mol. The minimum absolute atomic E-state index is 0.0787. The Morgan fingerprint density at radius 3 is 2.31 bits per heavy atom. The highest BCUT2D eigenvalue weighted by molar-refractivity contribution is 5.81. The van der Waals surface area contributed by atoms with Crippen molar-refractivity contribution < 1.29 is 9.90 Å². The summed E-state index contributed by atoms with van der Waals surface area (Å²) in [6.07, 6.45) is 0.242. The number of hydrogen-bond donors (Lipinski definition) is 4. The van der Waals surface area contributed by atoms with E-state index in [1.807, 2.05) is 60.7 Å². The molecule has 0 fully saturated rings. The lowest BCUT2D eigenvalue weighted by molar-refractivity contribution is -0.120. The Bertz CT molecular complexity index is 1590. The summed E-state index contributed by atoms with van der Waals surface area (Å²) in [4.78, 5) is 35.5. The van der Waals surface area contributed by atoms with Crippen LogP contribution in [0.15, 0.2) is 82.4 Å². The van der Waals surface area contributed by atoms with Crippen LogP contribution in [0, 0.1) is 0 Å². The number of amides is 1. The molecule has 178 valence electrons. The molecule has 5 rings (SSSR count). The van der Waals surface area contributed by atoms with Crippen LogP contribution < -0.4 is 21.5 Å². The van der Waals surface area contributed by atoms with Crippen molar-refractivity contribution in [2.24, 2.45) is 0 Å². The molecule has 0 spiro atoms. The lowest BCUT2D eigenvalue weighted by Crippen LogP contribution is -2.32. The van der Waals surface area contributed by atoms with Crippen LogP contribution in [0.3, 0.4) is 0 Å². The van der Waals surface area contributed by atoms with Crippen molar-refractivity contribution in [2.75, 3.05) is 5.32 Å². The topological polar surface area (TPSA) is 150 Å². The van der Waals surface area contributed by atoms with Crippen LogP contribution in [0.5, 0.6) is 5.75 Å². The normalized spacial score (nSPS) is 10.9. The van der Waals surface area contributed by atoms with E-state index in [1.54, 1.807) is 12.1 Å². The molecular formula is C26H20N6O4. The van der Waals surface area contributed by atoms with Crippen LogP contribution in [0.2, 0.25) is 0 Å². The summed E-state index contributed by atoms with van der Waals surface area (Å²) < 4.78 is 0. The van der Waals surface area contributed by atoms with E-state index in [-0.39, 0.29) is 18.0 Å². The summed E-state index contributed by atoms with van der Waals surface area (Å²) in [5, 5.41) is 29.4. The molecule has 36 heavy (non-hydrogen) atoms. The number of H-pyrrole nitrogens is 1. The van der Waals surface area contributed by atoms with Crippen LogP contribution in [-0.4, -0.2) is 31.6 Å². The van der Waals surface area contributed by atoms with Crippen molar-refractivity contribution >= 4 is 17.3 Å². The molecule has 1 heterocycles. The van der Waals surface area contributed by atoms with E-state index in [0.717, 1.165) is 22.3 Å². The smallest absolute Gasteiger partial charge is 0.271 e. The second-order valence-corrected chi connectivity index (χ2v) is 8.18. The number of nitrogens with one attached hydrogen (secondary N) is 3. The fourth-order valence-corrected chi connectivity index (χ4v) is 3.78. The highest BCUT2D eigenvalue weighted by atomic mass is 16.3. The number of aromatic amines is 1. The Labute approximate surface area is 204 Å². The zero-order valence-corrected chi connectivity index (χ0v) is 18.9. The number of hydrogen-bond acceptors (Lipinski definition) is 8. The maximum absolute atomic E-state index is 12.4. The van der Waals surface area contributed by atoms with Gasteiger partial charge in [-0.15, -0.1) is 10.2 Å². The number of benzene rings is 3. The third kappa shape index (κ3) is 4.73. The maximum Gasteiger partial charge on any atom is 0.271 e. The van der Waals surface area contributed by atoms with Gasteiger partial charge in [-0.2, -0.15) is 5.21 Å². The average Bonchev–Trinajstić information content (AvgIpc) is 3.46. The minimum atomic E-state index is -0.921. The van der Waals surface area contributed by atoms with Gasteiger partial charge in [0.15, 0.2) is 5.75 Å². The Morgan fingerprint density at radius 1 is 0.861 bits per heavy atom. The zero-order valence-electron chi connectivity index (χ0n) is 18.9. The van der Waals surface area contributed by atoms with Gasteiger partial charge >= 0.3 is 0 Å². The number of anilines is 2. The van der Waals surface area contributed by atoms with Gasteiger partial charge in [0.2, 0.25) is 11.7 Å². The van der Waals surface area contributed by atoms with Gasteiger partial charge in [-0.1, -0.05) is 54.6 Å². The summed E-state index contributed by atoms with van der Waals surface area (Å²) in [5.74, 6) is -0.341. The Morgan fingerprint density at radius 2 is 1.61 bits per heavy atom. The van der Waals surface area contributed by atoms with E-state index in [1.165, 1.54) is 0 Å². The molecule has 0 atom stereocenters. The van der Waals surface area contributed by atoms with E-state index < -0.39 is 16.6 Å². The highest BCUT2D eigenvalue weighted by Gasteiger charge is 2.20. The number of nitrogens with zero attached hydrogens (tertiary/aromatic N) is 3. The van der Waals surface area contributed by atoms with Gasteiger partial charge in [-0.05, 0) is 45.7 Å². The average molecular weight is 480 g/mol. The summed E-state index contributed by atoms with van der Waals surface area (Å²) in [5.41, 5.74) is 2.68. The second-order valence-electron chi connectivity index (χ2n) is 8.18. The van der Waals surface area contributed by atoms with Crippen LogP contribution in [-0.2, 0) is 17.8 Å². The molecule has 4 aromatic carbocycles. The Kier molecular flexibility index (Phi) is 6.06. The Balaban J connectivity index is 1.35.